The Balaban J connectivity index is 2.66. The molecule has 0 bridgehead atoms. The Labute approximate surface area is 117 Å². The molecule has 0 aliphatic rings. The van der Waals surface area contributed by atoms with Gasteiger partial charge in [-0.25, -0.2) is 0 Å². The van der Waals surface area contributed by atoms with Gasteiger partial charge in [0.25, 0.3) is 0 Å². The van der Waals surface area contributed by atoms with Crippen LogP contribution in [-0.2, 0) is 11.2 Å². The number of benzene rings is 1. The topological polar surface area (TPSA) is 30.5 Å². The van der Waals surface area contributed by atoms with E-state index >= 15 is 0 Å². The molecule has 1 aromatic rings. The third-order valence-electron chi connectivity index (χ3n) is 2.87. The smallest absolute Gasteiger partial charge is 0.122 e. The molecule has 3 nitrogen and oxygen atoms in total. The Morgan fingerprint density at radius 1 is 1.21 bits per heavy atom. The average Bonchev–Trinajstić information content (AvgIpc) is 2.36. The molecule has 0 aliphatic heterocycles. The summed E-state index contributed by atoms with van der Waals surface area (Å²) in [6, 6.07) is 8.46. The summed E-state index contributed by atoms with van der Waals surface area (Å²) in [5.41, 5.74) is 1.11. The van der Waals surface area contributed by atoms with Gasteiger partial charge in [-0.3, -0.25) is 0 Å². The summed E-state index contributed by atoms with van der Waals surface area (Å²) >= 11 is 0. The fourth-order valence-electron chi connectivity index (χ4n) is 1.97. The minimum absolute atomic E-state index is 0.103. The molecule has 0 aliphatic carbocycles. The summed E-state index contributed by atoms with van der Waals surface area (Å²) < 4.78 is 11.3. The van der Waals surface area contributed by atoms with Crippen LogP contribution in [0.2, 0.25) is 0 Å². The van der Waals surface area contributed by atoms with Crippen LogP contribution in [0.4, 0.5) is 0 Å². The molecule has 108 valence electrons. The first-order valence-corrected chi connectivity index (χ1v) is 6.95. The maximum Gasteiger partial charge on any atom is 0.122 e. The van der Waals surface area contributed by atoms with Crippen molar-refractivity contribution in [2.24, 2.45) is 0 Å². The van der Waals surface area contributed by atoms with Crippen LogP contribution in [0.3, 0.4) is 0 Å². The van der Waals surface area contributed by atoms with Gasteiger partial charge in [0.2, 0.25) is 0 Å². The molecule has 0 saturated carbocycles. The lowest BCUT2D eigenvalue weighted by atomic mass is 10.0. The Bertz CT molecular complexity index is 371. The van der Waals surface area contributed by atoms with E-state index in [1.807, 2.05) is 18.2 Å². The van der Waals surface area contributed by atoms with Crippen LogP contribution in [0, 0.1) is 0 Å². The van der Waals surface area contributed by atoms with Crippen LogP contribution in [0.15, 0.2) is 24.3 Å². The Kier molecular flexibility index (Phi) is 6.32. The lowest BCUT2D eigenvalue weighted by Crippen LogP contribution is -2.38. The summed E-state index contributed by atoms with van der Waals surface area (Å²) in [5.74, 6) is 0.946. The molecule has 1 N–H and O–H groups in total. The standard InChI is InChI=1S/C16H27NO2/c1-6-17-14(12-19-16(2,3)4)11-13-9-7-8-10-15(13)18-5/h7-10,14,17H,6,11-12H2,1-5H3. The number of methoxy groups -OCH3 is 1. The number of rotatable bonds is 7. The molecule has 0 heterocycles. The molecule has 0 radical (unpaired) electrons. The third-order valence-corrected chi connectivity index (χ3v) is 2.87. The molecule has 0 spiro atoms. The Morgan fingerprint density at radius 2 is 1.89 bits per heavy atom. The van der Waals surface area contributed by atoms with Gasteiger partial charge in [0, 0.05) is 6.04 Å². The minimum atomic E-state index is -0.103. The quantitative estimate of drug-likeness (QED) is 0.822. The van der Waals surface area contributed by atoms with Crippen molar-refractivity contribution in [2.45, 2.75) is 45.8 Å². The van der Waals surface area contributed by atoms with E-state index in [0.29, 0.717) is 12.6 Å². The zero-order valence-electron chi connectivity index (χ0n) is 12.8. The first-order valence-electron chi connectivity index (χ1n) is 6.95. The summed E-state index contributed by atoms with van der Waals surface area (Å²) in [6.07, 6.45) is 0.911. The molecule has 1 rings (SSSR count). The minimum Gasteiger partial charge on any atom is -0.496 e. The fraction of sp³-hybridized carbons (Fsp3) is 0.625. The van der Waals surface area contributed by atoms with Crippen LogP contribution in [0.25, 0.3) is 0 Å². The molecule has 1 aromatic carbocycles. The predicted octanol–water partition coefficient (Wildman–Crippen LogP) is 3.03. The van der Waals surface area contributed by atoms with Gasteiger partial charge in [0.15, 0.2) is 0 Å². The van der Waals surface area contributed by atoms with Crippen LogP contribution < -0.4 is 10.1 Å². The van der Waals surface area contributed by atoms with E-state index in [0.717, 1.165) is 18.7 Å². The molecule has 0 aromatic heterocycles. The van der Waals surface area contributed by atoms with E-state index in [-0.39, 0.29) is 5.60 Å². The van der Waals surface area contributed by atoms with Crippen LogP contribution in [0.5, 0.6) is 5.75 Å². The molecule has 19 heavy (non-hydrogen) atoms. The van der Waals surface area contributed by atoms with Gasteiger partial charge in [-0.1, -0.05) is 25.1 Å². The van der Waals surface area contributed by atoms with Crippen LogP contribution in [-0.4, -0.2) is 31.9 Å². The largest absolute Gasteiger partial charge is 0.496 e. The van der Waals surface area contributed by atoms with Crippen molar-refractivity contribution in [3.63, 3.8) is 0 Å². The van der Waals surface area contributed by atoms with E-state index in [4.69, 9.17) is 9.47 Å². The third kappa shape index (κ3) is 6.08. The van der Waals surface area contributed by atoms with Gasteiger partial charge in [0.05, 0.1) is 19.3 Å². The van der Waals surface area contributed by atoms with Gasteiger partial charge < -0.3 is 14.8 Å². The molecular formula is C16H27NO2. The van der Waals surface area contributed by atoms with E-state index in [9.17, 15) is 0 Å². The van der Waals surface area contributed by atoms with Crippen molar-refractivity contribution in [3.8, 4) is 5.75 Å². The lowest BCUT2D eigenvalue weighted by Gasteiger charge is -2.25. The summed E-state index contributed by atoms with van der Waals surface area (Å²) in [6.45, 7) is 10.0. The van der Waals surface area contributed by atoms with Crippen molar-refractivity contribution in [2.75, 3.05) is 20.3 Å². The number of nitrogens with one attached hydrogen (secondary N) is 1. The van der Waals surface area contributed by atoms with Crippen molar-refractivity contribution >= 4 is 0 Å². The number of hydrogen-bond donors (Lipinski definition) is 1. The number of para-hydroxylation sites is 1. The zero-order valence-corrected chi connectivity index (χ0v) is 12.8. The molecular weight excluding hydrogens is 238 g/mol. The number of ether oxygens (including phenoxy) is 2. The van der Waals surface area contributed by atoms with Crippen LogP contribution >= 0.6 is 0 Å². The fourth-order valence-corrected chi connectivity index (χ4v) is 1.97. The van der Waals surface area contributed by atoms with E-state index in [2.05, 4.69) is 39.1 Å². The highest BCUT2D eigenvalue weighted by Crippen LogP contribution is 2.19. The molecule has 1 unspecified atom stereocenters. The highest BCUT2D eigenvalue weighted by molar-refractivity contribution is 5.33. The maximum atomic E-state index is 5.89. The van der Waals surface area contributed by atoms with Crippen molar-refractivity contribution in [1.29, 1.82) is 0 Å². The summed E-state index contributed by atoms with van der Waals surface area (Å²) in [5, 5.41) is 3.47. The van der Waals surface area contributed by atoms with Gasteiger partial charge >= 0.3 is 0 Å². The molecule has 3 heteroatoms. The Hall–Kier alpha value is -1.06. The normalized spacial score (nSPS) is 13.3. The van der Waals surface area contributed by atoms with Gasteiger partial charge in [-0.15, -0.1) is 0 Å². The SMILES string of the molecule is CCNC(COC(C)(C)C)Cc1ccccc1OC. The van der Waals surface area contributed by atoms with E-state index in [1.54, 1.807) is 7.11 Å². The number of likely N-dealkylation sites (N-methyl/N-ethyl adjacent to an activating group) is 1. The lowest BCUT2D eigenvalue weighted by molar-refractivity contribution is -0.0142. The van der Waals surface area contributed by atoms with Gasteiger partial charge in [-0.05, 0) is 45.4 Å². The second kappa shape index (κ2) is 7.51. The average molecular weight is 265 g/mol. The van der Waals surface area contributed by atoms with Crippen molar-refractivity contribution < 1.29 is 9.47 Å². The highest BCUT2D eigenvalue weighted by atomic mass is 16.5. The van der Waals surface area contributed by atoms with Crippen molar-refractivity contribution in [1.82, 2.24) is 5.32 Å². The summed E-state index contributed by atoms with van der Waals surface area (Å²) in [4.78, 5) is 0. The maximum absolute atomic E-state index is 5.89. The van der Waals surface area contributed by atoms with Gasteiger partial charge in [-0.2, -0.15) is 0 Å². The van der Waals surface area contributed by atoms with E-state index < -0.39 is 0 Å². The summed E-state index contributed by atoms with van der Waals surface area (Å²) in [7, 11) is 1.72. The monoisotopic (exact) mass is 265 g/mol. The molecule has 0 saturated heterocycles. The zero-order chi connectivity index (χ0) is 14.3. The second-order valence-electron chi connectivity index (χ2n) is 5.69. The highest BCUT2D eigenvalue weighted by Gasteiger charge is 2.16. The van der Waals surface area contributed by atoms with Gasteiger partial charge in [0.1, 0.15) is 5.75 Å². The Morgan fingerprint density at radius 3 is 2.47 bits per heavy atom. The first-order chi connectivity index (χ1) is 8.96. The predicted molar refractivity (Wildman–Crippen MR) is 79.9 cm³/mol. The van der Waals surface area contributed by atoms with E-state index in [1.165, 1.54) is 5.56 Å². The number of hydrogen-bond acceptors (Lipinski definition) is 3. The van der Waals surface area contributed by atoms with Crippen molar-refractivity contribution in [3.05, 3.63) is 29.8 Å². The molecule has 0 amide bonds. The first kappa shape index (κ1) is 16.0. The molecule has 0 fully saturated rings. The molecule has 1 atom stereocenters. The second-order valence-corrected chi connectivity index (χ2v) is 5.69. The van der Waals surface area contributed by atoms with Crippen LogP contribution in [0.1, 0.15) is 33.3 Å².